The predicted octanol–water partition coefficient (Wildman–Crippen LogP) is 2.26. The van der Waals surface area contributed by atoms with Gasteiger partial charge in [-0.05, 0) is 52.3 Å². The van der Waals surface area contributed by atoms with E-state index >= 15 is 0 Å². The molecule has 0 fully saturated rings. The van der Waals surface area contributed by atoms with Gasteiger partial charge >= 0.3 is 0 Å². The Labute approximate surface area is 105 Å². The Morgan fingerprint density at radius 1 is 1.35 bits per heavy atom. The van der Waals surface area contributed by atoms with E-state index in [-0.39, 0.29) is 5.54 Å². The van der Waals surface area contributed by atoms with Gasteiger partial charge in [0.25, 0.3) is 0 Å². The SMILES string of the molecule is Cc1cc(CNC(C)CNC(C)(C)C)ccn1. The van der Waals surface area contributed by atoms with Crippen LogP contribution in [0.3, 0.4) is 0 Å². The molecule has 3 nitrogen and oxygen atoms in total. The molecule has 17 heavy (non-hydrogen) atoms. The fourth-order valence-corrected chi connectivity index (χ4v) is 1.54. The second kappa shape index (κ2) is 6.12. The minimum atomic E-state index is 0.184. The number of hydrogen-bond acceptors (Lipinski definition) is 3. The molecule has 1 aromatic heterocycles. The first kappa shape index (κ1) is 14.1. The van der Waals surface area contributed by atoms with E-state index in [1.54, 1.807) is 0 Å². The van der Waals surface area contributed by atoms with E-state index in [1.807, 2.05) is 13.1 Å². The smallest absolute Gasteiger partial charge is 0.0375 e. The zero-order valence-electron chi connectivity index (χ0n) is 11.7. The summed E-state index contributed by atoms with van der Waals surface area (Å²) in [7, 11) is 0. The Kier molecular flexibility index (Phi) is 5.09. The minimum absolute atomic E-state index is 0.184. The van der Waals surface area contributed by atoms with Crippen molar-refractivity contribution in [3.05, 3.63) is 29.6 Å². The Balaban J connectivity index is 2.31. The maximum Gasteiger partial charge on any atom is 0.0375 e. The first-order valence-corrected chi connectivity index (χ1v) is 6.27. The van der Waals surface area contributed by atoms with Gasteiger partial charge in [-0.25, -0.2) is 0 Å². The van der Waals surface area contributed by atoms with Gasteiger partial charge in [0.15, 0.2) is 0 Å². The van der Waals surface area contributed by atoms with Crippen LogP contribution >= 0.6 is 0 Å². The monoisotopic (exact) mass is 235 g/mol. The molecule has 0 saturated heterocycles. The van der Waals surface area contributed by atoms with Crippen LogP contribution in [0.1, 0.15) is 39.0 Å². The lowest BCUT2D eigenvalue weighted by atomic mass is 10.1. The lowest BCUT2D eigenvalue weighted by Gasteiger charge is -2.24. The van der Waals surface area contributed by atoms with E-state index in [2.05, 4.69) is 55.4 Å². The van der Waals surface area contributed by atoms with Crippen molar-refractivity contribution in [3.63, 3.8) is 0 Å². The second-order valence-electron chi connectivity index (χ2n) is 5.72. The van der Waals surface area contributed by atoms with Gasteiger partial charge in [-0.1, -0.05) is 0 Å². The summed E-state index contributed by atoms with van der Waals surface area (Å²) in [4.78, 5) is 4.20. The van der Waals surface area contributed by atoms with Crippen LogP contribution in [0.4, 0.5) is 0 Å². The normalized spacial score (nSPS) is 13.7. The summed E-state index contributed by atoms with van der Waals surface area (Å²) in [5, 5.41) is 7.00. The Hall–Kier alpha value is -0.930. The summed E-state index contributed by atoms with van der Waals surface area (Å²) >= 11 is 0. The molecular weight excluding hydrogens is 210 g/mol. The summed E-state index contributed by atoms with van der Waals surface area (Å²) in [5.41, 5.74) is 2.55. The van der Waals surface area contributed by atoms with Gasteiger partial charge in [0.1, 0.15) is 0 Å². The Morgan fingerprint density at radius 2 is 2.06 bits per heavy atom. The molecular formula is C14H25N3. The Bertz CT molecular complexity index is 342. The van der Waals surface area contributed by atoms with Crippen molar-refractivity contribution in [1.29, 1.82) is 0 Å². The number of aromatic nitrogens is 1. The lowest BCUT2D eigenvalue weighted by Crippen LogP contribution is -2.44. The number of nitrogens with one attached hydrogen (secondary N) is 2. The zero-order valence-corrected chi connectivity index (χ0v) is 11.7. The molecule has 0 aliphatic carbocycles. The summed E-state index contributed by atoms with van der Waals surface area (Å²) in [6.45, 7) is 12.7. The molecule has 0 spiro atoms. The molecule has 3 heteroatoms. The standard InChI is InChI=1S/C14H25N3/c1-11-8-13(6-7-15-11)10-16-12(2)9-17-14(3,4)5/h6-8,12,16-17H,9-10H2,1-5H3. The molecule has 1 atom stereocenters. The average Bonchev–Trinajstić information content (AvgIpc) is 2.23. The molecule has 0 amide bonds. The molecule has 0 aliphatic rings. The van der Waals surface area contributed by atoms with Crippen molar-refractivity contribution in [3.8, 4) is 0 Å². The molecule has 96 valence electrons. The quantitative estimate of drug-likeness (QED) is 0.822. The number of pyridine rings is 1. The fourth-order valence-electron chi connectivity index (χ4n) is 1.54. The molecule has 1 heterocycles. The Morgan fingerprint density at radius 3 is 2.65 bits per heavy atom. The topological polar surface area (TPSA) is 37.0 Å². The molecule has 1 aromatic rings. The molecule has 0 radical (unpaired) electrons. The highest BCUT2D eigenvalue weighted by atomic mass is 15.0. The van der Waals surface area contributed by atoms with Crippen molar-refractivity contribution < 1.29 is 0 Å². The van der Waals surface area contributed by atoms with Crippen molar-refractivity contribution in [2.75, 3.05) is 6.54 Å². The summed E-state index contributed by atoms with van der Waals surface area (Å²) in [6, 6.07) is 4.64. The minimum Gasteiger partial charge on any atom is -0.311 e. The van der Waals surface area contributed by atoms with E-state index < -0.39 is 0 Å². The van der Waals surface area contributed by atoms with Gasteiger partial charge in [-0.2, -0.15) is 0 Å². The highest BCUT2D eigenvalue weighted by Gasteiger charge is 2.10. The third-order valence-electron chi connectivity index (χ3n) is 2.55. The third-order valence-corrected chi connectivity index (χ3v) is 2.55. The van der Waals surface area contributed by atoms with Crippen molar-refractivity contribution in [1.82, 2.24) is 15.6 Å². The molecule has 1 unspecified atom stereocenters. The van der Waals surface area contributed by atoms with Crippen LogP contribution in [0.2, 0.25) is 0 Å². The number of nitrogens with zero attached hydrogens (tertiary/aromatic N) is 1. The highest BCUT2D eigenvalue weighted by Crippen LogP contribution is 2.01. The maximum atomic E-state index is 4.20. The van der Waals surface area contributed by atoms with Crippen molar-refractivity contribution in [2.24, 2.45) is 0 Å². The van der Waals surface area contributed by atoms with Crippen LogP contribution in [-0.4, -0.2) is 23.1 Å². The van der Waals surface area contributed by atoms with E-state index in [1.165, 1.54) is 5.56 Å². The summed E-state index contributed by atoms with van der Waals surface area (Å²) < 4.78 is 0. The fraction of sp³-hybridized carbons (Fsp3) is 0.643. The van der Waals surface area contributed by atoms with Crippen LogP contribution in [0.25, 0.3) is 0 Å². The van der Waals surface area contributed by atoms with Gasteiger partial charge in [0.2, 0.25) is 0 Å². The first-order chi connectivity index (χ1) is 7.87. The van der Waals surface area contributed by atoms with E-state index in [0.29, 0.717) is 6.04 Å². The van der Waals surface area contributed by atoms with E-state index in [4.69, 9.17) is 0 Å². The van der Waals surface area contributed by atoms with E-state index in [0.717, 1.165) is 18.8 Å². The molecule has 0 saturated carbocycles. The van der Waals surface area contributed by atoms with Crippen molar-refractivity contribution in [2.45, 2.75) is 52.7 Å². The highest BCUT2D eigenvalue weighted by molar-refractivity contribution is 5.15. The molecule has 0 bridgehead atoms. The molecule has 0 aliphatic heterocycles. The van der Waals surface area contributed by atoms with Gasteiger partial charge in [0, 0.05) is 36.6 Å². The lowest BCUT2D eigenvalue weighted by molar-refractivity contribution is 0.387. The molecule has 2 N–H and O–H groups in total. The molecule has 1 rings (SSSR count). The maximum absolute atomic E-state index is 4.20. The largest absolute Gasteiger partial charge is 0.311 e. The van der Waals surface area contributed by atoms with Crippen LogP contribution in [0, 0.1) is 6.92 Å². The number of hydrogen-bond donors (Lipinski definition) is 2. The number of aryl methyl sites for hydroxylation is 1. The third kappa shape index (κ3) is 6.39. The van der Waals surface area contributed by atoms with Gasteiger partial charge in [-0.15, -0.1) is 0 Å². The predicted molar refractivity (Wildman–Crippen MR) is 73.0 cm³/mol. The number of rotatable bonds is 5. The van der Waals surface area contributed by atoms with E-state index in [9.17, 15) is 0 Å². The van der Waals surface area contributed by atoms with Gasteiger partial charge in [-0.3, -0.25) is 4.98 Å². The van der Waals surface area contributed by atoms with Crippen LogP contribution in [0.5, 0.6) is 0 Å². The average molecular weight is 235 g/mol. The van der Waals surface area contributed by atoms with Crippen LogP contribution < -0.4 is 10.6 Å². The molecule has 0 aromatic carbocycles. The van der Waals surface area contributed by atoms with Crippen molar-refractivity contribution >= 4 is 0 Å². The van der Waals surface area contributed by atoms with Gasteiger partial charge in [0.05, 0.1) is 0 Å². The second-order valence-corrected chi connectivity index (χ2v) is 5.72. The van der Waals surface area contributed by atoms with Gasteiger partial charge < -0.3 is 10.6 Å². The summed E-state index contributed by atoms with van der Waals surface area (Å²) in [5.74, 6) is 0. The van der Waals surface area contributed by atoms with Crippen LogP contribution in [0.15, 0.2) is 18.3 Å². The first-order valence-electron chi connectivity index (χ1n) is 6.27. The van der Waals surface area contributed by atoms with Crippen LogP contribution in [-0.2, 0) is 6.54 Å². The zero-order chi connectivity index (χ0) is 12.9. The summed E-state index contributed by atoms with van der Waals surface area (Å²) in [6.07, 6.45) is 1.87.